The van der Waals surface area contributed by atoms with Crippen LogP contribution in [0.1, 0.15) is 18.9 Å². The van der Waals surface area contributed by atoms with Crippen LogP contribution in [0.5, 0.6) is 5.75 Å². The summed E-state index contributed by atoms with van der Waals surface area (Å²) in [7, 11) is 0. The molecule has 1 heterocycles. The molecule has 1 atom stereocenters. The zero-order chi connectivity index (χ0) is 13.5. The van der Waals surface area contributed by atoms with Gasteiger partial charge in [0.05, 0.1) is 6.61 Å². The first-order valence-electron chi connectivity index (χ1n) is 7.10. The van der Waals surface area contributed by atoms with Gasteiger partial charge in [-0.15, -0.1) is 0 Å². The largest absolute Gasteiger partial charge is 0.492 e. The third-order valence-corrected chi connectivity index (χ3v) is 3.54. The minimum atomic E-state index is 0.199. The van der Waals surface area contributed by atoms with E-state index in [1.807, 2.05) is 12.1 Å². The van der Waals surface area contributed by atoms with Gasteiger partial charge in [0.15, 0.2) is 0 Å². The Morgan fingerprint density at radius 2 is 2.26 bits per heavy atom. The van der Waals surface area contributed by atoms with Crippen LogP contribution in [0.25, 0.3) is 0 Å². The van der Waals surface area contributed by atoms with Crippen LogP contribution in [0.2, 0.25) is 0 Å². The van der Waals surface area contributed by atoms with E-state index in [4.69, 9.17) is 4.74 Å². The molecule has 2 N–H and O–H groups in total. The number of rotatable bonds is 6. The van der Waals surface area contributed by atoms with Gasteiger partial charge in [-0.3, -0.25) is 4.90 Å². The van der Waals surface area contributed by atoms with Crippen molar-refractivity contribution in [1.29, 1.82) is 0 Å². The molecular formula is C15H24N2O2. The number of ether oxygens (including phenoxy) is 1. The average molecular weight is 264 g/mol. The molecule has 1 aliphatic heterocycles. The molecule has 0 aliphatic carbocycles. The third kappa shape index (κ3) is 4.20. The Kier molecular flexibility index (Phi) is 5.63. The molecule has 0 radical (unpaired) electrons. The van der Waals surface area contributed by atoms with Crippen LogP contribution in [-0.4, -0.2) is 48.9 Å². The molecule has 2 rings (SSSR count). The molecule has 4 heteroatoms. The van der Waals surface area contributed by atoms with Crippen molar-refractivity contribution < 1.29 is 9.84 Å². The van der Waals surface area contributed by atoms with Crippen LogP contribution in [0, 0.1) is 0 Å². The van der Waals surface area contributed by atoms with E-state index >= 15 is 0 Å². The molecule has 0 amide bonds. The van der Waals surface area contributed by atoms with E-state index in [1.165, 1.54) is 5.56 Å². The number of aliphatic hydroxyl groups excluding tert-OH is 1. The third-order valence-electron chi connectivity index (χ3n) is 3.54. The van der Waals surface area contributed by atoms with Gasteiger partial charge < -0.3 is 15.2 Å². The lowest BCUT2D eigenvalue weighted by Gasteiger charge is -2.22. The van der Waals surface area contributed by atoms with Gasteiger partial charge in [0, 0.05) is 31.2 Å². The predicted octanol–water partition coefficient (Wildman–Crippen LogP) is 1.24. The second-order valence-electron chi connectivity index (χ2n) is 4.96. The van der Waals surface area contributed by atoms with Crippen molar-refractivity contribution in [3.05, 3.63) is 29.8 Å². The molecule has 4 nitrogen and oxygen atoms in total. The summed E-state index contributed by atoms with van der Waals surface area (Å²) in [5.74, 6) is 1.01. The second-order valence-corrected chi connectivity index (χ2v) is 4.96. The summed E-state index contributed by atoms with van der Waals surface area (Å²) < 4.78 is 5.75. The fourth-order valence-corrected chi connectivity index (χ4v) is 2.46. The lowest BCUT2D eigenvalue weighted by molar-refractivity contribution is 0.191. The van der Waals surface area contributed by atoms with Crippen LogP contribution in [-0.2, 0) is 6.54 Å². The van der Waals surface area contributed by atoms with Gasteiger partial charge in [-0.2, -0.15) is 0 Å². The second kappa shape index (κ2) is 7.48. The van der Waals surface area contributed by atoms with Gasteiger partial charge in [0.2, 0.25) is 0 Å². The fourth-order valence-electron chi connectivity index (χ4n) is 2.46. The summed E-state index contributed by atoms with van der Waals surface area (Å²) in [6.07, 6.45) is 0.965. The molecule has 0 fully saturated rings. The molecule has 1 unspecified atom stereocenters. The topological polar surface area (TPSA) is 44.7 Å². The monoisotopic (exact) mass is 264 g/mol. The Balaban J connectivity index is 1.88. The lowest BCUT2D eigenvalue weighted by atomic mass is 10.1. The Bertz CT molecular complexity index is 384. The normalized spacial score (nSPS) is 17.4. The van der Waals surface area contributed by atoms with Crippen molar-refractivity contribution in [2.75, 3.05) is 32.8 Å². The van der Waals surface area contributed by atoms with E-state index in [0.29, 0.717) is 0 Å². The van der Waals surface area contributed by atoms with E-state index < -0.39 is 0 Å². The maximum absolute atomic E-state index is 9.29. The van der Waals surface area contributed by atoms with Crippen molar-refractivity contribution in [3.63, 3.8) is 0 Å². The molecule has 106 valence electrons. The number of aliphatic hydroxyl groups is 1. The Hall–Kier alpha value is -1.10. The summed E-state index contributed by atoms with van der Waals surface area (Å²) in [5, 5.41) is 12.6. The number of nitrogens with one attached hydrogen (secondary N) is 1. The van der Waals surface area contributed by atoms with Gasteiger partial charge in [0.25, 0.3) is 0 Å². The highest BCUT2D eigenvalue weighted by Crippen LogP contribution is 2.22. The number of hydrogen-bond acceptors (Lipinski definition) is 4. The highest BCUT2D eigenvalue weighted by atomic mass is 16.5. The maximum atomic E-state index is 9.29. The van der Waals surface area contributed by atoms with E-state index in [1.54, 1.807) is 0 Å². The van der Waals surface area contributed by atoms with E-state index in [0.717, 1.165) is 45.0 Å². The molecule has 1 aromatic rings. The number of fused-ring (bicyclic) bond motifs is 1. The molecule has 19 heavy (non-hydrogen) atoms. The van der Waals surface area contributed by atoms with Crippen LogP contribution < -0.4 is 10.1 Å². The summed E-state index contributed by atoms with van der Waals surface area (Å²) in [6.45, 7) is 6.77. The number of para-hydroxylation sites is 1. The number of nitrogens with zero attached hydrogens (tertiary/aromatic N) is 1. The molecule has 0 spiro atoms. The van der Waals surface area contributed by atoms with Gasteiger partial charge >= 0.3 is 0 Å². The molecule has 0 bridgehead atoms. The fraction of sp³-hybridized carbons (Fsp3) is 0.600. The highest BCUT2D eigenvalue weighted by molar-refractivity contribution is 5.33. The summed E-state index contributed by atoms with van der Waals surface area (Å²) in [5.41, 5.74) is 1.25. The van der Waals surface area contributed by atoms with E-state index in [2.05, 4.69) is 29.3 Å². The van der Waals surface area contributed by atoms with Crippen LogP contribution in [0.4, 0.5) is 0 Å². The minimum absolute atomic E-state index is 0.199. The molecule has 0 aromatic heterocycles. The minimum Gasteiger partial charge on any atom is -0.492 e. The lowest BCUT2D eigenvalue weighted by Crippen LogP contribution is -2.37. The van der Waals surface area contributed by atoms with Gasteiger partial charge in [-0.25, -0.2) is 0 Å². The summed E-state index contributed by atoms with van der Waals surface area (Å²) in [6, 6.07) is 8.43. The average Bonchev–Trinajstić information content (AvgIpc) is 2.65. The van der Waals surface area contributed by atoms with Crippen molar-refractivity contribution in [2.24, 2.45) is 0 Å². The first kappa shape index (κ1) is 14.3. The molecule has 1 aliphatic rings. The van der Waals surface area contributed by atoms with Crippen molar-refractivity contribution in [1.82, 2.24) is 10.2 Å². The summed E-state index contributed by atoms with van der Waals surface area (Å²) >= 11 is 0. The Morgan fingerprint density at radius 1 is 1.42 bits per heavy atom. The molecular weight excluding hydrogens is 240 g/mol. The zero-order valence-electron chi connectivity index (χ0n) is 11.6. The summed E-state index contributed by atoms with van der Waals surface area (Å²) in [4.78, 5) is 2.39. The van der Waals surface area contributed by atoms with Gasteiger partial charge in [-0.1, -0.05) is 25.1 Å². The molecule has 0 saturated heterocycles. The van der Waals surface area contributed by atoms with Crippen LogP contribution in [0.3, 0.4) is 0 Å². The maximum Gasteiger partial charge on any atom is 0.123 e. The van der Waals surface area contributed by atoms with Crippen LogP contribution in [0.15, 0.2) is 24.3 Å². The van der Waals surface area contributed by atoms with E-state index in [9.17, 15) is 5.11 Å². The highest BCUT2D eigenvalue weighted by Gasteiger charge is 2.16. The number of hydrogen-bond donors (Lipinski definition) is 2. The smallest absolute Gasteiger partial charge is 0.123 e. The van der Waals surface area contributed by atoms with Crippen molar-refractivity contribution >= 4 is 0 Å². The van der Waals surface area contributed by atoms with Crippen molar-refractivity contribution in [3.8, 4) is 5.75 Å². The molecule has 0 saturated carbocycles. The number of benzene rings is 1. The SMILES string of the molecule is CCNC(CO)CCN1CCOc2ccccc2C1. The zero-order valence-corrected chi connectivity index (χ0v) is 11.6. The Morgan fingerprint density at radius 3 is 3.05 bits per heavy atom. The van der Waals surface area contributed by atoms with Crippen LogP contribution >= 0.6 is 0 Å². The van der Waals surface area contributed by atoms with Crippen molar-refractivity contribution in [2.45, 2.75) is 25.9 Å². The predicted molar refractivity (Wildman–Crippen MR) is 76.4 cm³/mol. The quantitative estimate of drug-likeness (QED) is 0.811. The molecule has 1 aromatic carbocycles. The first-order chi connectivity index (χ1) is 9.33. The number of likely N-dealkylation sites (N-methyl/N-ethyl adjacent to an activating group) is 1. The Labute approximate surface area is 115 Å². The van der Waals surface area contributed by atoms with E-state index in [-0.39, 0.29) is 12.6 Å². The van der Waals surface area contributed by atoms with Gasteiger partial charge in [0.1, 0.15) is 12.4 Å². The first-order valence-corrected chi connectivity index (χ1v) is 7.10. The standard InChI is InChI=1S/C15H24N2O2/c1-2-16-14(12-18)7-8-17-9-10-19-15-6-4-3-5-13(15)11-17/h3-6,14,16,18H,2,7-12H2,1H3. The van der Waals surface area contributed by atoms with Gasteiger partial charge in [-0.05, 0) is 19.0 Å².